The van der Waals surface area contributed by atoms with E-state index in [-0.39, 0.29) is 0 Å². The van der Waals surface area contributed by atoms with Crippen molar-refractivity contribution in [2.24, 2.45) is 0 Å². The Morgan fingerprint density at radius 1 is 1.38 bits per heavy atom. The molecule has 0 unspecified atom stereocenters. The molecule has 2 rings (SSSR count). The summed E-state index contributed by atoms with van der Waals surface area (Å²) in [7, 11) is -3.04. The molecule has 5 nitrogen and oxygen atoms in total. The van der Waals surface area contributed by atoms with Gasteiger partial charge >= 0.3 is 0 Å². The summed E-state index contributed by atoms with van der Waals surface area (Å²) in [4.78, 5) is 0. The van der Waals surface area contributed by atoms with Gasteiger partial charge in [-0.25, -0.2) is 12.7 Å². The predicted molar refractivity (Wildman–Crippen MR) is 87.1 cm³/mol. The van der Waals surface area contributed by atoms with Crippen molar-refractivity contribution in [3.05, 3.63) is 28.7 Å². The van der Waals surface area contributed by atoms with Crippen molar-refractivity contribution in [2.75, 3.05) is 32.5 Å². The van der Waals surface area contributed by atoms with E-state index in [2.05, 4.69) is 21.2 Å². The molecule has 1 aliphatic rings. The maximum absolute atomic E-state index is 11.4. The third-order valence-electron chi connectivity index (χ3n) is 3.52. The molecule has 1 N–H and O–H groups in total. The Bertz CT molecular complexity index is 557. The van der Waals surface area contributed by atoms with E-state index >= 15 is 0 Å². The molecule has 0 radical (unpaired) electrons. The molecule has 0 aromatic heterocycles. The number of halogens is 1. The first-order valence-electron chi connectivity index (χ1n) is 7.02. The van der Waals surface area contributed by atoms with Crippen LogP contribution in [0.2, 0.25) is 0 Å². The fourth-order valence-corrected chi connectivity index (χ4v) is 3.63. The quantitative estimate of drug-likeness (QED) is 0.769. The normalized spacial score (nSPS) is 17.8. The van der Waals surface area contributed by atoms with Gasteiger partial charge < -0.3 is 10.1 Å². The van der Waals surface area contributed by atoms with Gasteiger partial charge in [0, 0.05) is 30.1 Å². The van der Waals surface area contributed by atoms with Crippen molar-refractivity contribution < 1.29 is 13.2 Å². The van der Waals surface area contributed by atoms with Crippen LogP contribution in [0.25, 0.3) is 0 Å². The molecule has 0 atom stereocenters. The van der Waals surface area contributed by atoms with Gasteiger partial charge in [0.05, 0.1) is 6.26 Å². The molecule has 1 aliphatic heterocycles. The van der Waals surface area contributed by atoms with Crippen LogP contribution in [0, 0.1) is 0 Å². The van der Waals surface area contributed by atoms with Gasteiger partial charge in [-0.1, -0.05) is 22.0 Å². The lowest BCUT2D eigenvalue weighted by molar-refractivity contribution is 0.263. The summed E-state index contributed by atoms with van der Waals surface area (Å²) in [6, 6.07) is 8.13. The number of hydrogen-bond donors (Lipinski definition) is 1. The molecule has 0 aliphatic carbocycles. The van der Waals surface area contributed by atoms with Crippen LogP contribution in [-0.4, -0.2) is 51.3 Å². The second-order valence-electron chi connectivity index (χ2n) is 5.20. The van der Waals surface area contributed by atoms with Gasteiger partial charge in [0.2, 0.25) is 10.0 Å². The largest absolute Gasteiger partial charge is 0.492 e. The van der Waals surface area contributed by atoms with Gasteiger partial charge in [0.1, 0.15) is 12.4 Å². The van der Waals surface area contributed by atoms with E-state index in [1.807, 2.05) is 24.3 Å². The first-order valence-corrected chi connectivity index (χ1v) is 9.66. The average molecular weight is 377 g/mol. The summed E-state index contributed by atoms with van der Waals surface area (Å²) in [6.45, 7) is 2.56. The van der Waals surface area contributed by atoms with Crippen LogP contribution in [0.5, 0.6) is 5.75 Å². The highest BCUT2D eigenvalue weighted by molar-refractivity contribution is 9.10. The first kappa shape index (κ1) is 16.7. The number of nitrogens with zero attached hydrogens (tertiary/aromatic N) is 1. The zero-order chi connectivity index (χ0) is 15.3. The van der Waals surface area contributed by atoms with Crippen molar-refractivity contribution in [3.63, 3.8) is 0 Å². The van der Waals surface area contributed by atoms with Gasteiger partial charge in [-0.3, -0.25) is 0 Å². The summed E-state index contributed by atoms with van der Waals surface area (Å²) in [6.07, 6.45) is 2.97. The van der Waals surface area contributed by atoms with Crippen LogP contribution < -0.4 is 10.1 Å². The topological polar surface area (TPSA) is 58.6 Å². The minimum absolute atomic E-state index is 0.370. The van der Waals surface area contributed by atoms with E-state index in [9.17, 15) is 8.42 Å². The standard InChI is InChI=1S/C14H21BrN2O3S/c1-21(18,19)17-8-5-13(6-9-17)16-7-10-20-14-4-2-3-12(15)11-14/h2-4,11,13,16H,5-10H2,1H3. The summed E-state index contributed by atoms with van der Waals surface area (Å²) in [5, 5.41) is 3.42. The lowest BCUT2D eigenvalue weighted by Crippen LogP contribution is -2.45. The molecule has 1 saturated heterocycles. The number of rotatable bonds is 6. The van der Waals surface area contributed by atoms with Crippen LogP contribution in [0.4, 0.5) is 0 Å². The molecule has 118 valence electrons. The summed E-state index contributed by atoms with van der Waals surface area (Å²) in [5.74, 6) is 0.845. The Hall–Kier alpha value is -0.630. The number of sulfonamides is 1. The van der Waals surface area contributed by atoms with Crippen LogP contribution >= 0.6 is 15.9 Å². The van der Waals surface area contributed by atoms with Crippen LogP contribution in [0.1, 0.15) is 12.8 Å². The molecular formula is C14H21BrN2O3S. The van der Waals surface area contributed by atoms with Crippen LogP contribution in [0.3, 0.4) is 0 Å². The van der Waals surface area contributed by atoms with Crippen molar-refractivity contribution in [1.82, 2.24) is 9.62 Å². The molecule has 0 spiro atoms. The van der Waals surface area contributed by atoms with E-state index in [1.54, 1.807) is 4.31 Å². The second-order valence-corrected chi connectivity index (χ2v) is 8.09. The molecular weight excluding hydrogens is 356 g/mol. The molecule has 1 aromatic rings. The SMILES string of the molecule is CS(=O)(=O)N1CCC(NCCOc2cccc(Br)c2)CC1. The Morgan fingerprint density at radius 2 is 2.10 bits per heavy atom. The zero-order valence-corrected chi connectivity index (χ0v) is 14.5. The van der Waals surface area contributed by atoms with Gasteiger partial charge in [-0.15, -0.1) is 0 Å². The molecule has 7 heteroatoms. The Balaban J connectivity index is 1.64. The van der Waals surface area contributed by atoms with Crippen molar-refractivity contribution in [3.8, 4) is 5.75 Å². The molecule has 1 aromatic carbocycles. The molecule has 21 heavy (non-hydrogen) atoms. The van der Waals surface area contributed by atoms with Gasteiger partial charge in [-0.05, 0) is 31.0 Å². The lowest BCUT2D eigenvalue weighted by Gasteiger charge is -2.30. The van der Waals surface area contributed by atoms with E-state index in [4.69, 9.17) is 4.74 Å². The fourth-order valence-electron chi connectivity index (χ4n) is 2.38. The van der Waals surface area contributed by atoms with Gasteiger partial charge in [0.15, 0.2) is 0 Å². The van der Waals surface area contributed by atoms with Crippen molar-refractivity contribution in [1.29, 1.82) is 0 Å². The molecule has 1 heterocycles. The predicted octanol–water partition coefficient (Wildman–Crippen LogP) is 1.84. The monoisotopic (exact) mass is 376 g/mol. The minimum atomic E-state index is -3.04. The Kier molecular flexibility index (Phi) is 6.04. The maximum Gasteiger partial charge on any atom is 0.211 e. The number of hydrogen-bond acceptors (Lipinski definition) is 4. The Morgan fingerprint density at radius 3 is 2.71 bits per heavy atom. The number of ether oxygens (including phenoxy) is 1. The van der Waals surface area contributed by atoms with E-state index in [1.165, 1.54) is 6.26 Å². The first-order chi connectivity index (χ1) is 9.95. The minimum Gasteiger partial charge on any atom is -0.492 e. The van der Waals surface area contributed by atoms with E-state index in [0.717, 1.165) is 29.6 Å². The highest BCUT2D eigenvalue weighted by Crippen LogP contribution is 2.17. The fraction of sp³-hybridized carbons (Fsp3) is 0.571. The third kappa shape index (κ3) is 5.58. The summed E-state index contributed by atoms with van der Waals surface area (Å²) in [5.41, 5.74) is 0. The van der Waals surface area contributed by atoms with Crippen LogP contribution in [0.15, 0.2) is 28.7 Å². The smallest absolute Gasteiger partial charge is 0.211 e. The molecule has 0 bridgehead atoms. The van der Waals surface area contributed by atoms with Crippen molar-refractivity contribution in [2.45, 2.75) is 18.9 Å². The van der Waals surface area contributed by atoms with E-state index in [0.29, 0.717) is 25.7 Å². The molecule has 0 saturated carbocycles. The number of piperidine rings is 1. The third-order valence-corrected chi connectivity index (χ3v) is 5.32. The lowest BCUT2D eigenvalue weighted by atomic mass is 10.1. The average Bonchev–Trinajstić information content (AvgIpc) is 2.43. The van der Waals surface area contributed by atoms with Gasteiger partial charge in [-0.2, -0.15) is 0 Å². The Labute approximate surface area is 134 Å². The highest BCUT2D eigenvalue weighted by Gasteiger charge is 2.24. The zero-order valence-electron chi connectivity index (χ0n) is 12.1. The molecule has 1 fully saturated rings. The van der Waals surface area contributed by atoms with Crippen LogP contribution in [-0.2, 0) is 10.0 Å². The number of benzene rings is 1. The summed E-state index contributed by atoms with van der Waals surface area (Å²) >= 11 is 3.41. The van der Waals surface area contributed by atoms with Crippen molar-refractivity contribution >= 4 is 26.0 Å². The van der Waals surface area contributed by atoms with E-state index < -0.39 is 10.0 Å². The summed E-state index contributed by atoms with van der Waals surface area (Å²) < 4.78 is 31.0. The molecule has 0 amide bonds. The highest BCUT2D eigenvalue weighted by atomic mass is 79.9. The maximum atomic E-state index is 11.4. The second kappa shape index (κ2) is 7.58. The number of nitrogens with one attached hydrogen (secondary N) is 1. The van der Waals surface area contributed by atoms with Gasteiger partial charge in [0.25, 0.3) is 0 Å².